The summed E-state index contributed by atoms with van der Waals surface area (Å²) in [6, 6.07) is 4.70. The number of β-amino-alcohol motifs (C(OH)–C–C–N with tert-alkyl or cyclic N) is 1. The zero-order chi connectivity index (χ0) is 16.2. The lowest BCUT2D eigenvalue weighted by Gasteiger charge is -2.34. The molecule has 1 fully saturated rings. The molecule has 2 rings (SSSR count). The van der Waals surface area contributed by atoms with Gasteiger partial charge in [-0.25, -0.2) is 0 Å². The second-order valence-corrected chi connectivity index (χ2v) is 5.32. The minimum absolute atomic E-state index is 0.0802. The summed E-state index contributed by atoms with van der Waals surface area (Å²) in [4.78, 5) is 15.9. The molecular weight excluding hydrogens is 297 g/mol. The van der Waals surface area contributed by atoms with Gasteiger partial charge < -0.3 is 10.0 Å². The summed E-state index contributed by atoms with van der Waals surface area (Å²) in [6.07, 6.45) is -4.25. The van der Waals surface area contributed by atoms with E-state index in [1.165, 1.54) is 12.1 Å². The zero-order valence-corrected chi connectivity index (χ0v) is 12.1. The van der Waals surface area contributed by atoms with Crippen LogP contribution in [0.25, 0.3) is 0 Å². The van der Waals surface area contributed by atoms with Gasteiger partial charge in [0.05, 0.1) is 18.6 Å². The minimum Gasteiger partial charge on any atom is -0.395 e. The Bertz CT molecular complexity index is 495. The molecule has 0 aliphatic carbocycles. The summed E-state index contributed by atoms with van der Waals surface area (Å²) in [5.41, 5.74) is -0.128. The fraction of sp³-hybridized carbons (Fsp3) is 0.533. The number of hydrogen-bond acceptors (Lipinski definition) is 3. The van der Waals surface area contributed by atoms with E-state index in [2.05, 4.69) is 4.90 Å². The average Bonchev–Trinajstić information content (AvgIpc) is 2.48. The van der Waals surface area contributed by atoms with Gasteiger partial charge in [-0.3, -0.25) is 9.69 Å². The normalized spacial score (nSPS) is 16.8. The van der Waals surface area contributed by atoms with E-state index < -0.39 is 11.7 Å². The van der Waals surface area contributed by atoms with E-state index in [0.29, 0.717) is 38.3 Å². The number of amides is 1. The van der Waals surface area contributed by atoms with E-state index in [1.54, 1.807) is 4.90 Å². The van der Waals surface area contributed by atoms with Crippen molar-refractivity contribution in [2.24, 2.45) is 0 Å². The number of carbonyl (C=O) groups excluding carboxylic acids is 1. The number of nitrogens with zero attached hydrogens (tertiary/aromatic N) is 2. The Kier molecular flexibility index (Phi) is 5.42. The van der Waals surface area contributed by atoms with Crippen molar-refractivity contribution in [1.29, 1.82) is 0 Å². The van der Waals surface area contributed by atoms with Gasteiger partial charge in [0.25, 0.3) is 0 Å². The van der Waals surface area contributed by atoms with Crippen LogP contribution in [0.2, 0.25) is 0 Å². The lowest BCUT2D eigenvalue weighted by Crippen LogP contribution is -2.49. The molecule has 0 bridgehead atoms. The largest absolute Gasteiger partial charge is 0.416 e. The first-order valence-corrected chi connectivity index (χ1v) is 7.17. The highest BCUT2D eigenvalue weighted by Crippen LogP contribution is 2.29. The Hall–Kier alpha value is -1.60. The second-order valence-electron chi connectivity index (χ2n) is 5.32. The van der Waals surface area contributed by atoms with Crippen molar-refractivity contribution in [3.05, 3.63) is 35.4 Å². The fourth-order valence-electron chi connectivity index (χ4n) is 2.46. The lowest BCUT2D eigenvalue weighted by molar-refractivity contribution is -0.137. The quantitative estimate of drug-likeness (QED) is 0.913. The van der Waals surface area contributed by atoms with Gasteiger partial charge in [0.2, 0.25) is 5.91 Å². The van der Waals surface area contributed by atoms with Crippen molar-refractivity contribution in [2.75, 3.05) is 39.3 Å². The molecule has 122 valence electrons. The monoisotopic (exact) mass is 316 g/mol. The lowest BCUT2D eigenvalue weighted by atomic mass is 10.1. The topological polar surface area (TPSA) is 43.8 Å². The Morgan fingerprint density at radius 3 is 2.18 bits per heavy atom. The van der Waals surface area contributed by atoms with Gasteiger partial charge in [0.15, 0.2) is 0 Å². The molecule has 1 N–H and O–H groups in total. The van der Waals surface area contributed by atoms with Gasteiger partial charge in [-0.2, -0.15) is 13.2 Å². The highest BCUT2D eigenvalue weighted by Gasteiger charge is 2.30. The number of carbonyl (C=O) groups is 1. The van der Waals surface area contributed by atoms with E-state index in [0.717, 1.165) is 12.1 Å². The molecule has 1 aromatic carbocycles. The van der Waals surface area contributed by atoms with E-state index in [9.17, 15) is 18.0 Å². The van der Waals surface area contributed by atoms with Crippen LogP contribution >= 0.6 is 0 Å². The second kappa shape index (κ2) is 7.11. The van der Waals surface area contributed by atoms with Crippen LogP contribution in [0.4, 0.5) is 13.2 Å². The smallest absolute Gasteiger partial charge is 0.395 e. The van der Waals surface area contributed by atoms with Crippen LogP contribution < -0.4 is 0 Å². The predicted molar refractivity (Wildman–Crippen MR) is 75.3 cm³/mol. The standard InChI is InChI=1S/C15H19F3N2O2/c16-15(17,18)13-3-1-12(2-4-13)11-14(22)20-7-5-19(6-8-20)9-10-21/h1-4,21H,5-11H2. The molecule has 0 spiro atoms. The van der Waals surface area contributed by atoms with Crippen LogP contribution in [0.15, 0.2) is 24.3 Å². The molecule has 4 nitrogen and oxygen atoms in total. The third kappa shape index (κ3) is 4.45. The van der Waals surface area contributed by atoms with Gasteiger partial charge in [0, 0.05) is 32.7 Å². The minimum atomic E-state index is -4.36. The number of hydrogen-bond donors (Lipinski definition) is 1. The molecule has 0 atom stereocenters. The number of rotatable bonds is 4. The van der Waals surface area contributed by atoms with Crippen LogP contribution in [0.5, 0.6) is 0 Å². The molecule has 0 radical (unpaired) electrons. The maximum absolute atomic E-state index is 12.5. The highest BCUT2D eigenvalue weighted by molar-refractivity contribution is 5.78. The van der Waals surface area contributed by atoms with E-state index in [4.69, 9.17) is 5.11 Å². The summed E-state index contributed by atoms with van der Waals surface area (Å²) in [6.45, 7) is 3.28. The van der Waals surface area contributed by atoms with Crippen molar-refractivity contribution in [3.8, 4) is 0 Å². The van der Waals surface area contributed by atoms with Crippen molar-refractivity contribution in [1.82, 2.24) is 9.80 Å². The van der Waals surface area contributed by atoms with Gasteiger partial charge in [-0.05, 0) is 17.7 Å². The molecule has 0 unspecified atom stereocenters. The van der Waals surface area contributed by atoms with Crippen molar-refractivity contribution >= 4 is 5.91 Å². The SMILES string of the molecule is O=C(Cc1ccc(C(F)(F)F)cc1)N1CCN(CCO)CC1. The van der Waals surface area contributed by atoms with E-state index in [1.807, 2.05) is 0 Å². The first-order chi connectivity index (χ1) is 10.4. The molecule has 1 heterocycles. The number of benzene rings is 1. The van der Waals surface area contributed by atoms with Crippen LogP contribution in [-0.2, 0) is 17.4 Å². The fourth-order valence-corrected chi connectivity index (χ4v) is 2.46. The van der Waals surface area contributed by atoms with Crippen LogP contribution in [0, 0.1) is 0 Å². The maximum atomic E-state index is 12.5. The number of piperazine rings is 1. The van der Waals surface area contributed by atoms with Gasteiger partial charge >= 0.3 is 6.18 Å². The summed E-state index contributed by atoms with van der Waals surface area (Å²) < 4.78 is 37.4. The van der Waals surface area contributed by atoms with E-state index >= 15 is 0 Å². The molecule has 1 aromatic rings. The van der Waals surface area contributed by atoms with Crippen molar-refractivity contribution < 1.29 is 23.1 Å². The Morgan fingerprint density at radius 2 is 1.68 bits per heavy atom. The van der Waals surface area contributed by atoms with Crippen LogP contribution in [-0.4, -0.2) is 60.1 Å². The molecule has 1 saturated heterocycles. The maximum Gasteiger partial charge on any atom is 0.416 e. The number of halogens is 3. The van der Waals surface area contributed by atoms with Gasteiger partial charge in [-0.1, -0.05) is 12.1 Å². The molecule has 1 amide bonds. The highest BCUT2D eigenvalue weighted by atomic mass is 19.4. The first kappa shape index (κ1) is 16.8. The molecule has 7 heteroatoms. The number of alkyl halides is 3. The zero-order valence-electron chi connectivity index (χ0n) is 12.1. The van der Waals surface area contributed by atoms with Gasteiger partial charge in [0.1, 0.15) is 0 Å². The van der Waals surface area contributed by atoms with E-state index in [-0.39, 0.29) is 18.9 Å². The number of aliphatic hydroxyl groups is 1. The van der Waals surface area contributed by atoms with Crippen molar-refractivity contribution in [3.63, 3.8) is 0 Å². The summed E-state index contributed by atoms with van der Waals surface area (Å²) in [7, 11) is 0. The van der Waals surface area contributed by atoms with Crippen LogP contribution in [0.1, 0.15) is 11.1 Å². The Morgan fingerprint density at radius 1 is 1.09 bits per heavy atom. The third-order valence-corrected chi connectivity index (χ3v) is 3.78. The molecular formula is C15H19F3N2O2. The molecule has 0 aromatic heterocycles. The molecule has 1 aliphatic rings. The summed E-state index contributed by atoms with van der Waals surface area (Å²) in [5, 5.41) is 8.87. The molecule has 22 heavy (non-hydrogen) atoms. The Labute approximate surface area is 127 Å². The third-order valence-electron chi connectivity index (χ3n) is 3.78. The summed E-state index contributed by atoms with van der Waals surface area (Å²) >= 11 is 0. The molecule has 0 saturated carbocycles. The summed E-state index contributed by atoms with van der Waals surface area (Å²) in [5.74, 6) is -0.0802. The predicted octanol–water partition coefficient (Wildman–Crippen LogP) is 1.38. The van der Waals surface area contributed by atoms with Crippen LogP contribution in [0.3, 0.4) is 0 Å². The average molecular weight is 316 g/mol. The molecule has 1 aliphatic heterocycles. The Balaban J connectivity index is 1.87. The van der Waals surface area contributed by atoms with Crippen molar-refractivity contribution in [2.45, 2.75) is 12.6 Å². The first-order valence-electron chi connectivity index (χ1n) is 7.17. The van der Waals surface area contributed by atoms with Gasteiger partial charge in [-0.15, -0.1) is 0 Å². The number of aliphatic hydroxyl groups excluding tert-OH is 1.